The number of rotatable bonds is 15. The Bertz CT molecular complexity index is 1390. The van der Waals surface area contributed by atoms with Crippen LogP contribution in [-0.4, -0.2) is 75.6 Å². The summed E-state index contributed by atoms with van der Waals surface area (Å²) in [6.07, 6.45) is 0. The molecule has 0 saturated heterocycles. The molecule has 300 valence electrons. The summed E-state index contributed by atoms with van der Waals surface area (Å²) in [6, 6.07) is 9.07. The Hall–Kier alpha value is 0.0119. The lowest BCUT2D eigenvalue weighted by molar-refractivity contribution is 0.398. The molecule has 0 radical (unpaired) electrons. The Labute approximate surface area is 327 Å². The summed E-state index contributed by atoms with van der Waals surface area (Å²) in [7, 11) is -20.4. The summed E-state index contributed by atoms with van der Waals surface area (Å²) < 4.78 is 70.4. The second-order valence-electron chi connectivity index (χ2n) is 20.3. The first-order chi connectivity index (χ1) is 22.7. The lowest BCUT2D eigenvalue weighted by atomic mass is 10.2. The molecule has 2 aromatic rings. The molecule has 2 aromatic carbocycles. The Morgan fingerprint density at radius 2 is 0.577 bits per heavy atom. The molecule has 0 unspecified atom stereocenters. The lowest BCUT2D eigenvalue weighted by Crippen LogP contribution is -2.65. The van der Waals surface area contributed by atoms with E-state index in [0.717, 1.165) is 11.1 Å². The molecule has 0 atom stereocenters. The number of hydrogen-bond acceptors (Lipinski definition) is 6. The van der Waals surface area contributed by atoms with Crippen LogP contribution in [0.2, 0.25) is 137 Å². The average molecular weight is 882 g/mol. The highest BCUT2D eigenvalue weighted by Crippen LogP contribution is 2.26. The van der Waals surface area contributed by atoms with Gasteiger partial charge in [0.2, 0.25) is 0 Å². The molecule has 0 aliphatic carbocycles. The maximum absolute atomic E-state index is 16.6. The van der Waals surface area contributed by atoms with E-state index in [-0.39, 0.29) is 11.6 Å². The van der Waals surface area contributed by atoms with Gasteiger partial charge in [0.1, 0.15) is 11.6 Å². The standard InChI is InChI=1S/C21H47FO4Si6.C14H27FO2Si3/c1-18-16-19(31(14,23-27(2,3)4)24-28(5,6)7)21(22)20(17-18)32(15,25-29(8,9)10)26-30(11,12)13;1-12-9-10-13(15)14(11-12)20(8,16-18(2,3)4)17-19(5,6)7/h16-17H,1-15H3;9-11H,1-8H3. The second kappa shape index (κ2) is 17.2. The summed E-state index contributed by atoms with van der Waals surface area (Å²) in [4.78, 5) is 0. The van der Waals surface area contributed by atoms with Crippen LogP contribution in [0.5, 0.6) is 0 Å². The van der Waals surface area contributed by atoms with Gasteiger partial charge in [0.15, 0.2) is 49.9 Å². The van der Waals surface area contributed by atoms with Gasteiger partial charge in [0, 0.05) is 15.6 Å². The van der Waals surface area contributed by atoms with E-state index in [1.807, 2.05) is 51.7 Å². The van der Waals surface area contributed by atoms with Gasteiger partial charge in [-0.1, -0.05) is 35.4 Å². The van der Waals surface area contributed by atoms with Crippen LogP contribution in [0.1, 0.15) is 11.1 Å². The third-order valence-electron chi connectivity index (χ3n) is 6.81. The van der Waals surface area contributed by atoms with Gasteiger partial charge < -0.3 is 24.7 Å². The molecule has 0 aromatic heterocycles. The third-order valence-corrected chi connectivity index (χ3v) is 34.9. The van der Waals surface area contributed by atoms with Gasteiger partial charge in [-0.05, 0) is 157 Å². The van der Waals surface area contributed by atoms with Gasteiger partial charge in [-0.2, -0.15) is 0 Å². The van der Waals surface area contributed by atoms with E-state index >= 15 is 4.39 Å². The van der Waals surface area contributed by atoms with Crippen molar-refractivity contribution in [3.05, 3.63) is 53.1 Å². The van der Waals surface area contributed by atoms with E-state index < -0.39 is 75.6 Å². The molecular formula is C35H74F2O6Si9. The van der Waals surface area contributed by atoms with Crippen molar-refractivity contribution in [3.63, 3.8) is 0 Å². The lowest BCUT2D eigenvalue weighted by Gasteiger charge is -2.41. The molecule has 52 heavy (non-hydrogen) atoms. The van der Waals surface area contributed by atoms with Crippen LogP contribution < -0.4 is 15.6 Å². The molecule has 0 heterocycles. The van der Waals surface area contributed by atoms with E-state index in [0.29, 0.717) is 15.6 Å². The van der Waals surface area contributed by atoms with E-state index in [4.69, 9.17) is 24.7 Å². The zero-order chi connectivity index (χ0) is 41.3. The number of hydrogen-bond donors (Lipinski definition) is 0. The first-order valence-electron chi connectivity index (χ1n) is 18.5. The smallest absolute Gasteiger partial charge is 0.351 e. The van der Waals surface area contributed by atoms with Gasteiger partial charge >= 0.3 is 25.7 Å². The largest absolute Gasteiger partial charge is 0.433 e. The summed E-state index contributed by atoms with van der Waals surface area (Å²) in [5, 5.41) is 1.83. The van der Waals surface area contributed by atoms with Gasteiger partial charge in [-0.25, -0.2) is 8.78 Å². The summed E-state index contributed by atoms with van der Waals surface area (Å²) >= 11 is 0. The summed E-state index contributed by atoms with van der Waals surface area (Å²) in [5.41, 5.74) is 2.03. The van der Waals surface area contributed by atoms with Gasteiger partial charge in [-0.3, -0.25) is 0 Å². The zero-order valence-corrected chi connectivity index (χ0v) is 46.1. The van der Waals surface area contributed by atoms with Gasteiger partial charge in [0.05, 0.1) is 0 Å². The number of benzene rings is 2. The fourth-order valence-electron chi connectivity index (χ4n) is 6.31. The van der Waals surface area contributed by atoms with Crippen LogP contribution in [0, 0.1) is 25.5 Å². The van der Waals surface area contributed by atoms with Crippen LogP contribution in [0.3, 0.4) is 0 Å². The summed E-state index contributed by atoms with van der Waals surface area (Å²) in [5.74, 6) is -0.451. The molecule has 0 aliphatic rings. The molecule has 0 aliphatic heterocycles. The van der Waals surface area contributed by atoms with E-state index in [9.17, 15) is 4.39 Å². The van der Waals surface area contributed by atoms with Crippen LogP contribution in [0.15, 0.2) is 30.3 Å². The molecule has 2 rings (SSSR count). The molecule has 0 N–H and O–H groups in total. The molecule has 0 fully saturated rings. The quantitative estimate of drug-likeness (QED) is 0.166. The second-order valence-corrected chi connectivity index (χ2v) is 57.8. The van der Waals surface area contributed by atoms with Crippen molar-refractivity contribution >= 4 is 91.1 Å². The highest BCUT2D eigenvalue weighted by Gasteiger charge is 2.49. The Balaban J connectivity index is 0.000000578. The van der Waals surface area contributed by atoms with Crippen molar-refractivity contribution in [1.82, 2.24) is 0 Å². The molecule has 0 amide bonds. The molecular weight excluding hydrogens is 807 g/mol. The Kier molecular flexibility index (Phi) is 16.6. The van der Waals surface area contributed by atoms with Crippen LogP contribution in [0.4, 0.5) is 8.78 Å². The Morgan fingerprint density at radius 1 is 0.346 bits per heavy atom. The predicted octanol–water partition coefficient (Wildman–Crippen LogP) is 10.2. The molecule has 0 saturated carbocycles. The topological polar surface area (TPSA) is 55.4 Å². The third kappa shape index (κ3) is 17.4. The summed E-state index contributed by atoms with van der Waals surface area (Å²) in [6.45, 7) is 48.4. The van der Waals surface area contributed by atoms with Crippen LogP contribution >= 0.6 is 0 Å². The van der Waals surface area contributed by atoms with E-state index in [2.05, 4.69) is 118 Å². The van der Waals surface area contributed by atoms with Crippen molar-refractivity contribution in [3.8, 4) is 0 Å². The van der Waals surface area contributed by atoms with Crippen molar-refractivity contribution in [2.75, 3.05) is 0 Å². The first-order valence-corrected chi connectivity index (χ1v) is 45.9. The molecule has 6 nitrogen and oxygen atoms in total. The SMILES string of the molecule is Cc1cc([Si](C)(O[Si](C)(C)C)O[Si](C)(C)C)c(F)c([Si](C)(O[Si](C)(C)C)O[Si](C)(C)C)c1.Cc1ccc(F)c([Si](C)(O[Si](C)(C)C)O[Si](C)(C)C)c1. The molecule has 0 spiro atoms. The van der Waals surface area contributed by atoms with Crippen molar-refractivity contribution in [2.24, 2.45) is 0 Å². The minimum absolute atomic E-state index is 0.207. The predicted molar refractivity (Wildman–Crippen MR) is 243 cm³/mol. The minimum Gasteiger partial charge on any atom is -0.433 e. The number of aryl methyl sites for hydroxylation is 2. The maximum atomic E-state index is 16.6. The zero-order valence-electron chi connectivity index (χ0n) is 37.1. The molecule has 17 heteroatoms. The first kappa shape index (κ1) is 50.0. The normalized spacial score (nSPS) is 14.3. The van der Waals surface area contributed by atoms with Crippen molar-refractivity contribution in [1.29, 1.82) is 0 Å². The molecule has 0 bridgehead atoms. The van der Waals surface area contributed by atoms with Gasteiger partial charge in [0.25, 0.3) is 0 Å². The van der Waals surface area contributed by atoms with Gasteiger partial charge in [-0.15, -0.1) is 0 Å². The fraction of sp³-hybridized carbons (Fsp3) is 0.657. The highest BCUT2D eigenvalue weighted by atomic mass is 28.5. The van der Waals surface area contributed by atoms with Crippen molar-refractivity contribution < 1.29 is 33.5 Å². The average Bonchev–Trinajstić information content (AvgIpc) is 2.79. The monoisotopic (exact) mass is 880 g/mol. The fourth-order valence-corrected chi connectivity index (χ4v) is 41.8. The number of halogens is 2. The van der Waals surface area contributed by atoms with E-state index in [1.165, 1.54) is 6.07 Å². The van der Waals surface area contributed by atoms with Crippen LogP contribution in [-0.2, 0) is 24.7 Å². The minimum atomic E-state index is -3.02. The maximum Gasteiger partial charge on any atom is 0.351 e. The highest BCUT2D eigenvalue weighted by molar-refractivity contribution is 6.97. The van der Waals surface area contributed by atoms with Crippen LogP contribution in [0.25, 0.3) is 0 Å². The van der Waals surface area contributed by atoms with Crippen molar-refractivity contribution in [2.45, 2.75) is 151 Å². The van der Waals surface area contributed by atoms with E-state index in [1.54, 1.807) is 6.07 Å². The Morgan fingerprint density at radius 3 is 0.827 bits per heavy atom.